The van der Waals surface area contributed by atoms with E-state index in [9.17, 15) is 0 Å². The van der Waals surface area contributed by atoms with E-state index < -0.39 is 0 Å². The van der Waals surface area contributed by atoms with Gasteiger partial charge in [-0.25, -0.2) is 0 Å². The molecule has 0 aliphatic carbocycles. The molecule has 0 bridgehead atoms. The Bertz CT molecular complexity index is 545. The molecular formula is C15H17BrN2O. The first-order valence-electron chi connectivity index (χ1n) is 6.31. The zero-order valence-electron chi connectivity index (χ0n) is 11.1. The molecule has 1 atom stereocenters. The summed E-state index contributed by atoms with van der Waals surface area (Å²) in [6.45, 7) is 4.18. The molecule has 1 unspecified atom stereocenters. The van der Waals surface area contributed by atoms with E-state index in [2.05, 4.69) is 40.1 Å². The van der Waals surface area contributed by atoms with Crippen molar-refractivity contribution in [1.29, 1.82) is 0 Å². The van der Waals surface area contributed by atoms with E-state index in [0.29, 0.717) is 0 Å². The number of benzene rings is 1. The molecule has 0 fully saturated rings. The number of nitrogens with zero attached hydrogens (tertiary/aromatic N) is 1. The number of hydrogen-bond acceptors (Lipinski definition) is 3. The quantitative estimate of drug-likeness (QED) is 0.862. The number of nitrogens with one attached hydrogen (secondary N) is 1. The third-order valence-corrected chi connectivity index (χ3v) is 3.17. The molecule has 4 heteroatoms. The van der Waals surface area contributed by atoms with Crippen molar-refractivity contribution < 1.29 is 4.74 Å². The van der Waals surface area contributed by atoms with E-state index >= 15 is 0 Å². The van der Waals surface area contributed by atoms with Crippen LogP contribution in [-0.4, -0.2) is 11.1 Å². The topological polar surface area (TPSA) is 34.1 Å². The van der Waals surface area contributed by atoms with Gasteiger partial charge in [-0.05, 0) is 47.5 Å². The highest BCUT2D eigenvalue weighted by atomic mass is 79.9. The first kappa shape index (κ1) is 13.9. The number of pyridine rings is 1. The third-order valence-electron chi connectivity index (χ3n) is 2.74. The molecule has 0 saturated heterocycles. The van der Waals surface area contributed by atoms with Crippen LogP contribution < -0.4 is 10.1 Å². The van der Waals surface area contributed by atoms with Crippen LogP contribution in [-0.2, 0) is 0 Å². The summed E-state index contributed by atoms with van der Waals surface area (Å²) in [4.78, 5) is 4.12. The Morgan fingerprint density at radius 1 is 1.26 bits per heavy atom. The van der Waals surface area contributed by atoms with Crippen LogP contribution in [0.2, 0.25) is 0 Å². The van der Waals surface area contributed by atoms with Gasteiger partial charge in [-0.15, -0.1) is 0 Å². The second-order valence-electron chi connectivity index (χ2n) is 4.38. The highest BCUT2D eigenvalue weighted by molar-refractivity contribution is 9.10. The van der Waals surface area contributed by atoms with Crippen LogP contribution in [0.5, 0.6) is 5.75 Å². The molecule has 1 N–H and O–H groups in total. The molecule has 0 aliphatic rings. The van der Waals surface area contributed by atoms with Crippen molar-refractivity contribution in [2.45, 2.75) is 26.4 Å². The highest BCUT2D eigenvalue weighted by Crippen LogP contribution is 2.23. The first-order chi connectivity index (χ1) is 9.17. The zero-order chi connectivity index (χ0) is 13.7. The van der Waals surface area contributed by atoms with Crippen LogP contribution in [0.1, 0.15) is 20.3 Å². The molecule has 2 aromatic rings. The van der Waals surface area contributed by atoms with Gasteiger partial charge in [-0.2, -0.15) is 0 Å². The molecule has 0 amide bonds. The van der Waals surface area contributed by atoms with Gasteiger partial charge < -0.3 is 10.1 Å². The largest absolute Gasteiger partial charge is 0.491 e. The van der Waals surface area contributed by atoms with Gasteiger partial charge in [0.15, 0.2) is 0 Å². The summed E-state index contributed by atoms with van der Waals surface area (Å²) >= 11 is 3.40. The predicted molar refractivity (Wildman–Crippen MR) is 82.0 cm³/mol. The predicted octanol–water partition coefficient (Wildman–Crippen LogP) is 4.77. The van der Waals surface area contributed by atoms with Gasteiger partial charge in [0, 0.05) is 22.4 Å². The smallest absolute Gasteiger partial charge is 0.121 e. The van der Waals surface area contributed by atoms with E-state index in [1.807, 2.05) is 30.3 Å². The molecule has 19 heavy (non-hydrogen) atoms. The summed E-state index contributed by atoms with van der Waals surface area (Å²) in [5.41, 5.74) is 1.93. The minimum Gasteiger partial charge on any atom is -0.491 e. The van der Waals surface area contributed by atoms with E-state index in [1.54, 1.807) is 12.4 Å². The molecule has 0 saturated carbocycles. The summed E-state index contributed by atoms with van der Waals surface area (Å²) < 4.78 is 6.75. The summed E-state index contributed by atoms with van der Waals surface area (Å²) in [7, 11) is 0. The Morgan fingerprint density at radius 3 is 2.84 bits per heavy atom. The fourth-order valence-corrected chi connectivity index (χ4v) is 1.97. The second-order valence-corrected chi connectivity index (χ2v) is 5.30. The molecule has 1 heterocycles. The lowest BCUT2D eigenvalue weighted by Gasteiger charge is -2.14. The monoisotopic (exact) mass is 320 g/mol. The standard InChI is InChI=1S/C15H17BrN2O/c1-3-11(2)19-15-6-4-5-13(8-15)18-14-7-12(16)9-17-10-14/h4-11,18H,3H2,1-2H3. The number of anilines is 2. The summed E-state index contributed by atoms with van der Waals surface area (Å²) in [5.74, 6) is 0.877. The van der Waals surface area contributed by atoms with Gasteiger partial charge in [0.1, 0.15) is 5.75 Å². The maximum atomic E-state index is 5.80. The average Bonchev–Trinajstić information content (AvgIpc) is 2.39. The van der Waals surface area contributed by atoms with Crippen LogP contribution in [0.3, 0.4) is 0 Å². The van der Waals surface area contributed by atoms with Crippen molar-refractivity contribution in [1.82, 2.24) is 4.98 Å². The molecule has 0 radical (unpaired) electrons. The summed E-state index contributed by atoms with van der Waals surface area (Å²) in [6.07, 6.45) is 4.76. The second kappa shape index (κ2) is 6.57. The van der Waals surface area contributed by atoms with E-state index in [4.69, 9.17) is 4.74 Å². The van der Waals surface area contributed by atoms with Crippen LogP contribution >= 0.6 is 15.9 Å². The number of rotatable bonds is 5. The lowest BCUT2D eigenvalue weighted by molar-refractivity contribution is 0.217. The fourth-order valence-electron chi connectivity index (χ4n) is 1.61. The van der Waals surface area contributed by atoms with E-state index in [0.717, 1.165) is 28.0 Å². The van der Waals surface area contributed by atoms with Crippen molar-refractivity contribution in [3.63, 3.8) is 0 Å². The van der Waals surface area contributed by atoms with Crippen LogP contribution in [0.25, 0.3) is 0 Å². The Balaban J connectivity index is 2.10. The maximum Gasteiger partial charge on any atom is 0.121 e. The number of aromatic nitrogens is 1. The van der Waals surface area contributed by atoms with Crippen molar-refractivity contribution >= 4 is 27.3 Å². The Morgan fingerprint density at radius 2 is 2.11 bits per heavy atom. The van der Waals surface area contributed by atoms with Crippen LogP contribution in [0, 0.1) is 0 Å². The average molecular weight is 321 g/mol. The third kappa shape index (κ3) is 4.24. The maximum absolute atomic E-state index is 5.80. The van der Waals surface area contributed by atoms with Crippen molar-refractivity contribution in [3.8, 4) is 5.75 Å². The van der Waals surface area contributed by atoms with Crippen molar-refractivity contribution in [2.24, 2.45) is 0 Å². The lowest BCUT2D eigenvalue weighted by Crippen LogP contribution is -2.09. The Labute approximate surface area is 122 Å². The molecule has 3 nitrogen and oxygen atoms in total. The van der Waals surface area contributed by atoms with Gasteiger partial charge >= 0.3 is 0 Å². The molecule has 1 aromatic carbocycles. The minimum absolute atomic E-state index is 0.225. The summed E-state index contributed by atoms with van der Waals surface area (Å²) in [6, 6.07) is 9.93. The van der Waals surface area contributed by atoms with Crippen LogP contribution in [0.4, 0.5) is 11.4 Å². The van der Waals surface area contributed by atoms with Gasteiger partial charge in [-0.3, -0.25) is 4.98 Å². The van der Waals surface area contributed by atoms with Crippen LogP contribution in [0.15, 0.2) is 47.2 Å². The zero-order valence-corrected chi connectivity index (χ0v) is 12.6. The van der Waals surface area contributed by atoms with E-state index in [1.165, 1.54) is 0 Å². The van der Waals surface area contributed by atoms with Crippen molar-refractivity contribution in [3.05, 3.63) is 47.2 Å². The fraction of sp³-hybridized carbons (Fsp3) is 0.267. The van der Waals surface area contributed by atoms with Gasteiger partial charge in [0.05, 0.1) is 18.0 Å². The van der Waals surface area contributed by atoms with E-state index in [-0.39, 0.29) is 6.10 Å². The Hall–Kier alpha value is -1.55. The number of hydrogen-bond donors (Lipinski definition) is 1. The minimum atomic E-state index is 0.225. The van der Waals surface area contributed by atoms with Crippen molar-refractivity contribution in [2.75, 3.05) is 5.32 Å². The van der Waals surface area contributed by atoms with Gasteiger partial charge in [0.25, 0.3) is 0 Å². The molecule has 0 spiro atoms. The number of halogens is 1. The molecular weight excluding hydrogens is 304 g/mol. The Kier molecular flexibility index (Phi) is 4.80. The molecule has 1 aromatic heterocycles. The van der Waals surface area contributed by atoms with Gasteiger partial charge in [0.2, 0.25) is 0 Å². The summed E-state index contributed by atoms with van der Waals surface area (Å²) in [5, 5.41) is 3.30. The first-order valence-corrected chi connectivity index (χ1v) is 7.11. The molecule has 100 valence electrons. The normalized spacial score (nSPS) is 11.9. The molecule has 2 rings (SSSR count). The lowest BCUT2D eigenvalue weighted by atomic mass is 10.2. The SMILES string of the molecule is CCC(C)Oc1cccc(Nc2cncc(Br)c2)c1. The van der Waals surface area contributed by atoms with Gasteiger partial charge in [-0.1, -0.05) is 13.0 Å². The highest BCUT2D eigenvalue weighted by Gasteiger charge is 2.02. The molecule has 0 aliphatic heterocycles. The number of ether oxygens (including phenoxy) is 1.